The van der Waals surface area contributed by atoms with E-state index >= 15 is 0 Å². The van der Waals surface area contributed by atoms with Crippen LogP contribution in [-0.2, 0) is 0 Å². The lowest BCUT2D eigenvalue weighted by Crippen LogP contribution is -2.43. The molecule has 1 aromatic carbocycles. The predicted octanol–water partition coefficient (Wildman–Crippen LogP) is 3.13. The third-order valence-electron chi connectivity index (χ3n) is 3.58. The maximum absolute atomic E-state index is 12.4. The Kier molecular flexibility index (Phi) is 4.32. The molecule has 1 unspecified atom stereocenters. The van der Waals surface area contributed by atoms with Crippen LogP contribution in [0, 0.1) is 0 Å². The molecule has 1 aromatic rings. The van der Waals surface area contributed by atoms with Crippen molar-refractivity contribution in [1.29, 1.82) is 0 Å². The molecule has 0 amide bonds. The van der Waals surface area contributed by atoms with Gasteiger partial charge in [-0.25, -0.2) is 0 Å². The van der Waals surface area contributed by atoms with Crippen LogP contribution in [0.3, 0.4) is 0 Å². The summed E-state index contributed by atoms with van der Waals surface area (Å²) in [5.41, 5.74) is 0.852. The summed E-state index contributed by atoms with van der Waals surface area (Å²) in [5.74, 6) is 0.287. The smallest absolute Gasteiger partial charge is 0.179 e. The standard InChI is InChI=1S/C15H21NO/c1-2-14(16-11-7-4-8-12-16)15(17)13-9-5-3-6-10-13/h3,5-6,9-10,14H,2,4,7-8,11-12H2,1H3. The highest BCUT2D eigenvalue weighted by molar-refractivity contribution is 6.00. The fourth-order valence-electron chi connectivity index (χ4n) is 2.63. The molecule has 0 aliphatic carbocycles. The quantitative estimate of drug-likeness (QED) is 0.742. The highest BCUT2D eigenvalue weighted by Gasteiger charge is 2.25. The van der Waals surface area contributed by atoms with E-state index in [9.17, 15) is 4.79 Å². The molecule has 1 heterocycles. The lowest BCUT2D eigenvalue weighted by molar-refractivity contribution is 0.0777. The number of rotatable bonds is 4. The van der Waals surface area contributed by atoms with Gasteiger partial charge < -0.3 is 0 Å². The number of hydrogen-bond donors (Lipinski definition) is 0. The number of nitrogens with zero attached hydrogens (tertiary/aromatic N) is 1. The molecule has 0 bridgehead atoms. The SMILES string of the molecule is CCC(C(=O)c1ccccc1)N1CCCCC1. The van der Waals surface area contributed by atoms with Crippen molar-refractivity contribution < 1.29 is 4.79 Å². The number of piperidine rings is 1. The molecule has 1 saturated heterocycles. The second-order valence-electron chi connectivity index (χ2n) is 4.75. The maximum atomic E-state index is 12.4. The fraction of sp³-hybridized carbons (Fsp3) is 0.533. The fourth-order valence-corrected chi connectivity index (χ4v) is 2.63. The van der Waals surface area contributed by atoms with Gasteiger partial charge in [0.1, 0.15) is 0 Å². The van der Waals surface area contributed by atoms with Crippen molar-refractivity contribution in [2.24, 2.45) is 0 Å². The Morgan fingerprint density at radius 1 is 1.18 bits per heavy atom. The summed E-state index contributed by atoms with van der Waals surface area (Å²) >= 11 is 0. The van der Waals surface area contributed by atoms with Gasteiger partial charge in [0.25, 0.3) is 0 Å². The monoisotopic (exact) mass is 231 g/mol. The zero-order chi connectivity index (χ0) is 12.1. The summed E-state index contributed by atoms with van der Waals surface area (Å²) in [6.45, 7) is 4.27. The van der Waals surface area contributed by atoms with Crippen LogP contribution < -0.4 is 0 Å². The minimum absolute atomic E-state index is 0.0812. The molecule has 2 nitrogen and oxygen atoms in total. The van der Waals surface area contributed by atoms with Gasteiger partial charge in [0.15, 0.2) is 5.78 Å². The Morgan fingerprint density at radius 2 is 1.82 bits per heavy atom. The van der Waals surface area contributed by atoms with Crippen molar-refractivity contribution in [3.63, 3.8) is 0 Å². The van der Waals surface area contributed by atoms with Gasteiger partial charge in [0.2, 0.25) is 0 Å². The van der Waals surface area contributed by atoms with Crippen molar-refractivity contribution in [1.82, 2.24) is 4.90 Å². The number of Topliss-reactive ketones (excluding diaryl/α,β-unsaturated/α-hetero) is 1. The zero-order valence-corrected chi connectivity index (χ0v) is 10.6. The minimum atomic E-state index is 0.0812. The van der Waals surface area contributed by atoms with Crippen LogP contribution in [0.25, 0.3) is 0 Å². The summed E-state index contributed by atoms with van der Waals surface area (Å²) in [6.07, 6.45) is 4.69. The third kappa shape index (κ3) is 2.95. The van der Waals surface area contributed by atoms with Crippen molar-refractivity contribution in [2.45, 2.75) is 38.6 Å². The molecular formula is C15H21NO. The molecule has 1 aliphatic heterocycles. The van der Waals surface area contributed by atoms with Crippen LogP contribution in [0.15, 0.2) is 30.3 Å². The van der Waals surface area contributed by atoms with Crippen LogP contribution in [0.5, 0.6) is 0 Å². The lowest BCUT2D eigenvalue weighted by Gasteiger charge is -2.33. The second kappa shape index (κ2) is 5.97. The minimum Gasteiger partial charge on any atom is -0.293 e. The summed E-state index contributed by atoms with van der Waals surface area (Å²) < 4.78 is 0. The first-order valence-corrected chi connectivity index (χ1v) is 6.66. The maximum Gasteiger partial charge on any atom is 0.179 e. The average Bonchev–Trinajstić information content (AvgIpc) is 2.42. The van der Waals surface area contributed by atoms with E-state index in [1.165, 1.54) is 19.3 Å². The molecule has 0 spiro atoms. The summed E-state index contributed by atoms with van der Waals surface area (Å²) in [6, 6.07) is 9.77. The van der Waals surface area contributed by atoms with Gasteiger partial charge >= 0.3 is 0 Å². The van der Waals surface area contributed by atoms with Gasteiger partial charge in [0, 0.05) is 5.56 Å². The van der Waals surface area contributed by atoms with Gasteiger partial charge in [0.05, 0.1) is 6.04 Å². The van der Waals surface area contributed by atoms with Gasteiger partial charge in [-0.2, -0.15) is 0 Å². The molecule has 2 heteroatoms. The molecule has 0 saturated carbocycles. The number of hydrogen-bond acceptors (Lipinski definition) is 2. The Morgan fingerprint density at radius 3 is 2.41 bits per heavy atom. The highest BCUT2D eigenvalue weighted by Crippen LogP contribution is 2.17. The first kappa shape index (κ1) is 12.3. The van der Waals surface area contributed by atoms with E-state index in [0.29, 0.717) is 0 Å². The van der Waals surface area contributed by atoms with E-state index in [1.807, 2.05) is 30.3 Å². The molecule has 2 rings (SSSR count). The average molecular weight is 231 g/mol. The van der Waals surface area contributed by atoms with Crippen molar-refractivity contribution in [3.05, 3.63) is 35.9 Å². The number of carbonyl (C=O) groups is 1. The lowest BCUT2D eigenvalue weighted by atomic mass is 9.98. The van der Waals surface area contributed by atoms with Gasteiger partial charge in [-0.05, 0) is 32.4 Å². The molecule has 1 atom stereocenters. The van der Waals surface area contributed by atoms with Crippen LogP contribution in [-0.4, -0.2) is 29.8 Å². The van der Waals surface area contributed by atoms with Crippen molar-refractivity contribution >= 4 is 5.78 Å². The van der Waals surface area contributed by atoms with E-state index in [0.717, 1.165) is 25.1 Å². The molecular weight excluding hydrogens is 210 g/mol. The Bertz CT molecular complexity index is 354. The number of likely N-dealkylation sites (tertiary alicyclic amines) is 1. The molecule has 0 N–H and O–H groups in total. The van der Waals surface area contributed by atoms with E-state index < -0.39 is 0 Å². The Balaban J connectivity index is 2.09. The summed E-state index contributed by atoms with van der Waals surface area (Å²) in [5, 5.41) is 0. The topological polar surface area (TPSA) is 20.3 Å². The summed E-state index contributed by atoms with van der Waals surface area (Å²) in [4.78, 5) is 14.8. The number of ketones is 1. The largest absolute Gasteiger partial charge is 0.293 e. The van der Waals surface area contributed by atoms with Crippen LogP contribution >= 0.6 is 0 Å². The van der Waals surface area contributed by atoms with Crippen LogP contribution in [0.1, 0.15) is 43.0 Å². The van der Waals surface area contributed by atoms with Crippen molar-refractivity contribution in [3.8, 4) is 0 Å². The highest BCUT2D eigenvalue weighted by atomic mass is 16.1. The number of carbonyl (C=O) groups excluding carboxylic acids is 1. The molecule has 1 fully saturated rings. The van der Waals surface area contributed by atoms with Gasteiger partial charge in [-0.3, -0.25) is 9.69 Å². The molecule has 92 valence electrons. The van der Waals surface area contributed by atoms with Crippen molar-refractivity contribution in [2.75, 3.05) is 13.1 Å². The Hall–Kier alpha value is -1.15. The summed E-state index contributed by atoms with van der Waals surface area (Å²) in [7, 11) is 0. The van der Waals surface area contributed by atoms with Crippen LogP contribution in [0.4, 0.5) is 0 Å². The first-order valence-electron chi connectivity index (χ1n) is 6.66. The molecule has 0 aromatic heterocycles. The van der Waals surface area contributed by atoms with Crippen LogP contribution in [0.2, 0.25) is 0 Å². The van der Waals surface area contributed by atoms with E-state index in [1.54, 1.807) is 0 Å². The zero-order valence-electron chi connectivity index (χ0n) is 10.6. The molecule has 1 aliphatic rings. The predicted molar refractivity (Wildman–Crippen MR) is 70.3 cm³/mol. The first-order chi connectivity index (χ1) is 8.33. The second-order valence-corrected chi connectivity index (χ2v) is 4.75. The van der Waals surface area contributed by atoms with Gasteiger partial charge in [-0.15, -0.1) is 0 Å². The van der Waals surface area contributed by atoms with E-state index in [-0.39, 0.29) is 11.8 Å². The number of benzene rings is 1. The van der Waals surface area contributed by atoms with Gasteiger partial charge in [-0.1, -0.05) is 43.7 Å². The normalized spacial score (nSPS) is 18.9. The molecule has 0 radical (unpaired) electrons. The Labute approximate surface area is 104 Å². The van der Waals surface area contributed by atoms with E-state index in [4.69, 9.17) is 0 Å². The van der Waals surface area contributed by atoms with E-state index in [2.05, 4.69) is 11.8 Å². The third-order valence-corrected chi connectivity index (χ3v) is 3.58. The molecule has 17 heavy (non-hydrogen) atoms.